The second-order valence-corrected chi connectivity index (χ2v) is 15.6. The normalized spacial score (nSPS) is 38.4. The van der Waals surface area contributed by atoms with Crippen molar-refractivity contribution in [3.8, 4) is 0 Å². The van der Waals surface area contributed by atoms with Crippen LogP contribution in [-0.4, -0.2) is 47.8 Å². The van der Waals surface area contributed by atoms with Crippen molar-refractivity contribution in [3.05, 3.63) is 47.5 Å². The van der Waals surface area contributed by atoms with Crippen molar-refractivity contribution >= 4 is 5.97 Å². The molecule has 0 amide bonds. The number of carbonyl (C=O) groups is 1. The highest BCUT2D eigenvalue weighted by Crippen LogP contribution is 2.67. The molecule has 3 saturated carbocycles. The van der Waals surface area contributed by atoms with Crippen LogP contribution in [0.1, 0.15) is 98.0 Å². The van der Waals surface area contributed by atoms with Gasteiger partial charge in [-0.15, -0.1) is 0 Å². The molecule has 0 bridgehead atoms. The molecule has 5 rings (SSSR count). The quantitative estimate of drug-likeness (QED) is 0.213. The molecule has 4 aliphatic rings. The van der Waals surface area contributed by atoms with Gasteiger partial charge in [0.1, 0.15) is 6.10 Å². The summed E-state index contributed by atoms with van der Waals surface area (Å²) < 4.78 is 55.6. The largest absolute Gasteiger partial charge is 0.459 e. The third kappa shape index (κ3) is 5.79. The van der Waals surface area contributed by atoms with Gasteiger partial charge >= 0.3 is 12.1 Å². The maximum absolute atomic E-state index is 14.8. The Labute approximate surface area is 267 Å². The van der Waals surface area contributed by atoms with Gasteiger partial charge in [0.2, 0.25) is 0 Å². The second-order valence-electron chi connectivity index (χ2n) is 15.6. The van der Waals surface area contributed by atoms with E-state index in [4.69, 9.17) is 9.47 Å². The van der Waals surface area contributed by atoms with Crippen LogP contribution in [0, 0.1) is 46.3 Å². The van der Waals surface area contributed by atoms with Gasteiger partial charge in [-0.2, -0.15) is 13.2 Å². The molecule has 0 heterocycles. The zero-order chi connectivity index (χ0) is 32.9. The van der Waals surface area contributed by atoms with Crippen molar-refractivity contribution in [1.82, 2.24) is 0 Å². The molecule has 11 atom stereocenters. The van der Waals surface area contributed by atoms with E-state index in [1.807, 2.05) is 0 Å². The number of allylic oxidation sites excluding steroid dienone is 2. The topological polar surface area (TPSA) is 76.0 Å². The molecule has 3 fully saturated rings. The summed E-state index contributed by atoms with van der Waals surface area (Å²) in [7, 11) is 0.891. The van der Waals surface area contributed by atoms with Crippen molar-refractivity contribution < 1.29 is 37.7 Å². The summed E-state index contributed by atoms with van der Waals surface area (Å²) >= 11 is 0. The van der Waals surface area contributed by atoms with E-state index < -0.39 is 47.4 Å². The van der Waals surface area contributed by atoms with Gasteiger partial charge in [-0.1, -0.05) is 95.9 Å². The van der Waals surface area contributed by atoms with Gasteiger partial charge in [-0.05, 0) is 78.9 Å². The zero-order valence-electron chi connectivity index (χ0n) is 27.8. The van der Waals surface area contributed by atoms with Crippen LogP contribution in [-0.2, 0) is 19.9 Å². The van der Waals surface area contributed by atoms with Gasteiger partial charge < -0.3 is 19.7 Å². The van der Waals surface area contributed by atoms with Crippen molar-refractivity contribution in [2.24, 2.45) is 46.3 Å². The van der Waals surface area contributed by atoms with Crippen LogP contribution in [0.25, 0.3) is 0 Å². The first-order valence-corrected chi connectivity index (χ1v) is 17.0. The Morgan fingerprint density at radius 3 is 2.31 bits per heavy atom. The summed E-state index contributed by atoms with van der Waals surface area (Å²) in [5, 5.41) is 21.7. The van der Waals surface area contributed by atoms with Crippen LogP contribution < -0.4 is 0 Å². The van der Waals surface area contributed by atoms with Gasteiger partial charge in [0, 0.05) is 18.6 Å². The number of alkyl halides is 3. The summed E-state index contributed by atoms with van der Waals surface area (Å²) in [6.45, 7) is 11.4. The van der Waals surface area contributed by atoms with Crippen molar-refractivity contribution in [1.29, 1.82) is 0 Å². The number of benzene rings is 1. The van der Waals surface area contributed by atoms with E-state index in [-0.39, 0.29) is 29.7 Å². The third-order valence-corrected chi connectivity index (χ3v) is 12.7. The molecule has 0 aromatic heterocycles. The lowest BCUT2D eigenvalue weighted by atomic mass is 9.47. The van der Waals surface area contributed by atoms with E-state index in [1.165, 1.54) is 49.1 Å². The second kappa shape index (κ2) is 12.6. The van der Waals surface area contributed by atoms with Crippen LogP contribution in [0.2, 0.25) is 0 Å². The highest BCUT2D eigenvalue weighted by Gasteiger charge is 2.66. The van der Waals surface area contributed by atoms with E-state index in [0.29, 0.717) is 30.1 Å². The number of hydrogen-bond acceptors (Lipinski definition) is 5. The number of aliphatic hydroxyl groups is 2. The SMILES string of the molecule is CO[C@](C(=O)O[C@H]1C[C@@H]2C(=CC[C@]3(C)[C@@H]([C@H](C)CCCC(C)C)CC[C@@H]23)[C@@]2(C)C[C@H](O)[C@@H](O)C[C@H]12)(c1ccccc1)C(F)(F)F. The summed E-state index contributed by atoms with van der Waals surface area (Å²) in [5.74, 6) is 0.214. The van der Waals surface area contributed by atoms with E-state index >= 15 is 0 Å². The number of halogens is 3. The van der Waals surface area contributed by atoms with Gasteiger partial charge in [0.15, 0.2) is 0 Å². The molecular weight excluding hydrogens is 581 g/mol. The maximum atomic E-state index is 14.8. The Kier molecular flexibility index (Phi) is 9.65. The fraction of sp³-hybridized carbons (Fsp3) is 0.757. The molecule has 1 aromatic rings. The maximum Gasteiger partial charge on any atom is 0.432 e. The molecule has 4 aliphatic carbocycles. The lowest BCUT2D eigenvalue weighted by molar-refractivity contribution is -0.281. The number of rotatable bonds is 9. The molecular formula is C37H53F3O5. The lowest BCUT2D eigenvalue weighted by Crippen LogP contribution is -2.59. The predicted molar refractivity (Wildman–Crippen MR) is 167 cm³/mol. The Morgan fingerprint density at radius 1 is 1.00 bits per heavy atom. The van der Waals surface area contributed by atoms with Crippen LogP contribution in [0.15, 0.2) is 42.0 Å². The molecule has 0 saturated heterocycles. The molecule has 252 valence electrons. The van der Waals surface area contributed by atoms with Gasteiger partial charge in [0.25, 0.3) is 5.60 Å². The summed E-state index contributed by atoms with van der Waals surface area (Å²) in [4.78, 5) is 13.9. The molecule has 45 heavy (non-hydrogen) atoms. The fourth-order valence-corrected chi connectivity index (χ4v) is 10.3. The molecule has 0 unspecified atom stereocenters. The number of carbonyl (C=O) groups excluding carboxylic acids is 1. The average molecular weight is 635 g/mol. The van der Waals surface area contributed by atoms with E-state index in [1.54, 1.807) is 6.07 Å². The first-order chi connectivity index (χ1) is 21.1. The minimum atomic E-state index is -5.07. The molecule has 2 N–H and O–H groups in total. The average Bonchev–Trinajstić information content (AvgIpc) is 3.32. The first-order valence-electron chi connectivity index (χ1n) is 17.0. The Bertz CT molecular complexity index is 1230. The van der Waals surface area contributed by atoms with E-state index in [0.717, 1.165) is 26.4 Å². The zero-order valence-corrected chi connectivity index (χ0v) is 27.8. The highest BCUT2D eigenvalue weighted by atomic mass is 19.4. The van der Waals surface area contributed by atoms with Crippen molar-refractivity contribution in [2.75, 3.05) is 7.11 Å². The lowest BCUT2D eigenvalue weighted by Gasteiger charge is -2.59. The number of aliphatic hydroxyl groups excluding tert-OH is 2. The van der Waals surface area contributed by atoms with Crippen LogP contribution in [0.4, 0.5) is 13.2 Å². The molecule has 1 aromatic carbocycles. The predicted octanol–water partition coefficient (Wildman–Crippen LogP) is 7.99. The number of esters is 1. The van der Waals surface area contributed by atoms with E-state index in [9.17, 15) is 28.2 Å². The van der Waals surface area contributed by atoms with Crippen LogP contribution in [0.5, 0.6) is 0 Å². The number of hydrogen-bond donors (Lipinski definition) is 2. The fourth-order valence-electron chi connectivity index (χ4n) is 10.3. The van der Waals surface area contributed by atoms with Gasteiger partial charge in [0.05, 0.1) is 12.2 Å². The monoisotopic (exact) mass is 634 g/mol. The van der Waals surface area contributed by atoms with Crippen LogP contribution in [0.3, 0.4) is 0 Å². The minimum Gasteiger partial charge on any atom is -0.459 e. The summed E-state index contributed by atoms with van der Waals surface area (Å²) in [5.41, 5.74) is -2.95. The number of ether oxygens (including phenoxy) is 2. The Morgan fingerprint density at radius 2 is 1.69 bits per heavy atom. The Hall–Kier alpha value is -1.90. The van der Waals surface area contributed by atoms with Crippen LogP contribution >= 0.6 is 0 Å². The number of fused-ring (bicyclic) bond motifs is 5. The van der Waals surface area contributed by atoms with Crippen molar-refractivity contribution in [2.45, 2.75) is 122 Å². The smallest absolute Gasteiger partial charge is 0.432 e. The molecule has 0 radical (unpaired) electrons. The number of methoxy groups -OCH3 is 1. The van der Waals surface area contributed by atoms with Gasteiger partial charge in [-0.3, -0.25) is 0 Å². The van der Waals surface area contributed by atoms with Gasteiger partial charge in [-0.25, -0.2) is 4.79 Å². The molecule has 0 spiro atoms. The molecule has 0 aliphatic heterocycles. The highest BCUT2D eigenvalue weighted by molar-refractivity contribution is 5.83. The minimum absolute atomic E-state index is 0.0256. The van der Waals surface area contributed by atoms with E-state index in [2.05, 4.69) is 40.7 Å². The third-order valence-electron chi connectivity index (χ3n) is 12.7. The Balaban J connectivity index is 1.49. The summed E-state index contributed by atoms with van der Waals surface area (Å²) in [6.07, 6.45) is 1.95. The standard InChI is InChI=1S/C37H53F3O5/c1-22(2)11-10-12-23(3)26-15-16-27-25-19-32(45-33(43)36(44-6,37(38,39)40)24-13-8-7-9-14-24)29-20-30(41)31(42)21-35(29,5)28(25)17-18-34(26,27)4/h7-9,13-14,17,22-23,25-27,29-32,41-42H,10-12,15-16,18-21H2,1-6H3/t23-,25+,26-,27+,29-,30+,31+,32+,34-,35-,36+/m1/s1. The molecule has 8 heteroatoms. The summed E-state index contributed by atoms with van der Waals surface area (Å²) in [6, 6.07) is 6.94. The first kappa shape index (κ1) is 34.4. The van der Waals surface area contributed by atoms with Crippen molar-refractivity contribution in [3.63, 3.8) is 0 Å². The molecule has 5 nitrogen and oxygen atoms in total.